The van der Waals surface area contributed by atoms with Crippen LogP contribution in [-0.4, -0.2) is 18.7 Å². The summed E-state index contributed by atoms with van der Waals surface area (Å²) in [7, 11) is 0. The summed E-state index contributed by atoms with van der Waals surface area (Å²) >= 11 is 0. The number of alkyl halides is 5. The van der Waals surface area contributed by atoms with Gasteiger partial charge in [-0.25, -0.2) is 0 Å². The Labute approximate surface area is 98.6 Å². The van der Waals surface area contributed by atoms with E-state index < -0.39 is 18.7 Å². The Morgan fingerprint density at radius 1 is 1.22 bits per heavy atom. The summed E-state index contributed by atoms with van der Waals surface area (Å²) in [6.45, 7) is -1.86. The van der Waals surface area contributed by atoms with Crippen LogP contribution in [0, 0.1) is 11.3 Å². The molecular formula is C10H7F5N2O. The molecule has 0 bridgehead atoms. The average molecular weight is 266 g/mol. The molecule has 1 rings (SSSR count). The number of hydrogen-bond donors (Lipinski definition) is 1. The summed E-state index contributed by atoms with van der Waals surface area (Å²) in [6.07, 6.45) is -5.68. The Hall–Kier alpha value is -2.04. The van der Waals surface area contributed by atoms with Crippen LogP contribution in [0.5, 0.6) is 5.75 Å². The normalized spacial score (nSPS) is 12.0. The lowest BCUT2D eigenvalue weighted by Crippen LogP contribution is -2.41. The fraction of sp³-hybridized carbons (Fsp3) is 0.300. The van der Waals surface area contributed by atoms with Crippen molar-refractivity contribution in [1.29, 1.82) is 5.26 Å². The van der Waals surface area contributed by atoms with E-state index in [0.29, 0.717) is 0 Å². The van der Waals surface area contributed by atoms with E-state index in [2.05, 4.69) is 4.74 Å². The lowest BCUT2D eigenvalue weighted by atomic mass is 10.2. The number of hydrogen-bond acceptors (Lipinski definition) is 3. The van der Waals surface area contributed by atoms with Crippen molar-refractivity contribution in [2.75, 3.05) is 12.3 Å². The summed E-state index contributed by atoms with van der Waals surface area (Å²) in [4.78, 5) is 0. The molecule has 0 saturated heterocycles. The van der Waals surface area contributed by atoms with Gasteiger partial charge in [-0.2, -0.15) is 27.2 Å². The molecule has 18 heavy (non-hydrogen) atoms. The first-order chi connectivity index (χ1) is 8.17. The summed E-state index contributed by atoms with van der Waals surface area (Å²) in [6, 6.07) is 4.92. The first kappa shape index (κ1) is 14.0. The summed E-state index contributed by atoms with van der Waals surface area (Å²) in [5.41, 5.74) is 5.35. The molecule has 0 heterocycles. The number of rotatable bonds is 3. The lowest BCUT2D eigenvalue weighted by molar-refractivity contribution is -0.290. The van der Waals surface area contributed by atoms with Gasteiger partial charge < -0.3 is 10.5 Å². The zero-order chi connectivity index (χ0) is 14.0. The van der Waals surface area contributed by atoms with Crippen LogP contribution in [0.15, 0.2) is 18.2 Å². The highest BCUT2D eigenvalue weighted by molar-refractivity contribution is 5.56. The standard InChI is InChI=1S/C10H7F5N2O/c11-9(12,10(13,14)15)5-18-7-1-2-8(17)6(3-7)4-16/h1-3H,5,17H2. The molecule has 2 N–H and O–H groups in total. The van der Waals surface area contributed by atoms with E-state index in [9.17, 15) is 22.0 Å². The van der Waals surface area contributed by atoms with Gasteiger partial charge in [-0.1, -0.05) is 0 Å². The molecule has 0 aliphatic carbocycles. The number of nitrogens with zero attached hydrogens (tertiary/aromatic N) is 1. The maximum absolute atomic E-state index is 12.5. The van der Waals surface area contributed by atoms with Gasteiger partial charge in [-0.3, -0.25) is 0 Å². The van der Waals surface area contributed by atoms with Crippen molar-refractivity contribution < 1.29 is 26.7 Å². The third-order valence-corrected chi connectivity index (χ3v) is 1.98. The zero-order valence-electron chi connectivity index (χ0n) is 8.76. The number of nitriles is 1. The van der Waals surface area contributed by atoms with Crippen molar-refractivity contribution >= 4 is 5.69 Å². The van der Waals surface area contributed by atoms with E-state index in [4.69, 9.17) is 11.0 Å². The predicted molar refractivity (Wildman–Crippen MR) is 52.1 cm³/mol. The van der Waals surface area contributed by atoms with Crippen molar-refractivity contribution in [1.82, 2.24) is 0 Å². The number of anilines is 1. The van der Waals surface area contributed by atoms with Gasteiger partial charge in [0.1, 0.15) is 11.8 Å². The smallest absolute Gasteiger partial charge is 0.456 e. The quantitative estimate of drug-likeness (QED) is 0.676. The van der Waals surface area contributed by atoms with Gasteiger partial charge in [0.15, 0.2) is 6.61 Å². The second kappa shape index (κ2) is 4.68. The number of benzene rings is 1. The third-order valence-electron chi connectivity index (χ3n) is 1.98. The monoisotopic (exact) mass is 266 g/mol. The molecule has 0 atom stereocenters. The highest BCUT2D eigenvalue weighted by Gasteiger charge is 2.58. The molecule has 0 saturated carbocycles. The van der Waals surface area contributed by atoms with Crippen LogP contribution in [0.2, 0.25) is 0 Å². The van der Waals surface area contributed by atoms with Gasteiger partial charge in [0.2, 0.25) is 0 Å². The maximum atomic E-state index is 12.5. The molecule has 0 aliphatic heterocycles. The minimum absolute atomic E-state index is 0.0668. The minimum Gasteiger partial charge on any atom is -0.487 e. The zero-order valence-corrected chi connectivity index (χ0v) is 8.76. The topological polar surface area (TPSA) is 59.0 Å². The SMILES string of the molecule is N#Cc1cc(OCC(F)(F)C(F)(F)F)ccc1N. The van der Waals surface area contributed by atoms with Crippen LogP contribution >= 0.6 is 0 Å². The van der Waals surface area contributed by atoms with Crippen molar-refractivity contribution in [2.24, 2.45) is 0 Å². The van der Waals surface area contributed by atoms with Crippen LogP contribution in [0.1, 0.15) is 5.56 Å². The molecule has 0 radical (unpaired) electrons. The summed E-state index contributed by atoms with van der Waals surface area (Å²) < 4.78 is 64.9. The predicted octanol–water partition coefficient (Wildman–Crippen LogP) is 2.72. The van der Waals surface area contributed by atoms with E-state index in [1.165, 1.54) is 6.07 Å². The molecular weight excluding hydrogens is 259 g/mol. The fourth-order valence-electron chi connectivity index (χ4n) is 0.978. The Morgan fingerprint density at radius 3 is 2.33 bits per heavy atom. The summed E-state index contributed by atoms with van der Waals surface area (Å²) in [5, 5.41) is 8.59. The third kappa shape index (κ3) is 3.00. The number of ether oxygens (including phenoxy) is 1. The van der Waals surface area contributed by atoms with Crippen molar-refractivity contribution in [2.45, 2.75) is 12.1 Å². The first-order valence-electron chi connectivity index (χ1n) is 4.54. The van der Waals surface area contributed by atoms with E-state index in [1.807, 2.05) is 0 Å². The molecule has 0 amide bonds. The van der Waals surface area contributed by atoms with Crippen molar-refractivity contribution in [3.8, 4) is 11.8 Å². The lowest BCUT2D eigenvalue weighted by Gasteiger charge is -2.19. The van der Waals surface area contributed by atoms with Crippen LogP contribution in [0.25, 0.3) is 0 Å². The molecule has 0 unspecified atom stereocenters. The Balaban J connectivity index is 2.79. The second-order valence-electron chi connectivity index (χ2n) is 3.35. The highest BCUT2D eigenvalue weighted by Crippen LogP contribution is 2.35. The molecule has 0 fully saturated rings. The molecule has 98 valence electrons. The Morgan fingerprint density at radius 2 is 1.83 bits per heavy atom. The maximum Gasteiger partial charge on any atom is 0.456 e. The van der Waals surface area contributed by atoms with Crippen LogP contribution < -0.4 is 10.5 Å². The molecule has 8 heteroatoms. The van der Waals surface area contributed by atoms with Gasteiger partial charge in [0.25, 0.3) is 0 Å². The molecule has 1 aromatic rings. The van der Waals surface area contributed by atoms with E-state index in [-0.39, 0.29) is 17.0 Å². The van der Waals surface area contributed by atoms with Gasteiger partial charge in [0.05, 0.1) is 5.56 Å². The number of halogens is 5. The van der Waals surface area contributed by atoms with Crippen LogP contribution in [0.4, 0.5) is 27.6 Å². The number of nitrogens with two attached hydrogens (primary N) is 1. The molecule has 0 aromatic heterocycles. The molecule has 0 spiro atoms. The van der Waals surface area contributed by atoms with E-state index in [1.54, 1.807) is 6.07 Å². The minimum atomic E-state index is -5.68. The highest BCUT2D eigenvalue weighted by atomic mass is 19.4. The Bertz CT molecular complexity index is 478. The summed E-state index contributed by atoms with van der Waals surface area (Å²) in [5.74, 6) is -5.24. The van der Waals surface area contributed by atoms with Crippen molar-refractivity contribution in [3.05, 3.63) is 23.8 Å². The number of nitrogen functional groups attached to an aromatic ring is 1. The second-order valence-corrected chi connectivity index (χ2v) is 3.35. The van der Waals surface area contributed by atoms with E-state index >= 15 is 0 Å². The van der Waals surface area contributed by atoms with Crippen LogP contribution in [-0.2, 0) is 0 Å². The Kier molecular flexibility index (Phi) is 3.65. The van der Waals surface area contributed by atoms with E-state index in [0.717, 1.165) is 12.1 Å². The largest absolute Gasteiger partial charge is 0.487 e. The van der Waals surface area contributed by atoms with Gasteiger partial charge in [0, 0.05) is 5.69 Å². The van der Waals surface area contributed by atoms with Gasteiger partial charge in [-0.15, -0.1) is 0 Å². The first-order valence-corrected chi connectivity index (χ1v) is 4.54. The van der Waals surface area contributed by atoms with Gasteiger partial charge >= 0.3 is 12.1 Å². The molecule has 0 aliphatic rings. The molecule has 1 aromatic carbocycles. The van der Waals surface area contributed by atoms with Crippen molar-refractivity contribution in [3.63, 3.8) is 0 Å². The molecule has 3 nitrogen and oxygen atoms in total. The average Bonchev–Trinajstić information content (AvgIpc) is 2.26. The van der Waals surface area contributed by atoms with Crippen LogP contribution in [0.3, 0.4) is 0 Å². The van der Waals surface area contributed by atoms with Gasteiger partial charge in [-0.05, 0) is 18.2 Å². The fourth-order valence-corrected chi connectivity index (χ4v) is 0.978.